The average molecular weight is 401 g/mol. The number of hydrogen-bond acceptors (Lipinski definition) is 3. The summed E-state index contributed by atoms with van der Waals surface area (Å²) in [5.74, 6) is -2.68. The maximum absolute atomic E-state index is 13.3. The van der Waals surface area contributed by atoms with Crippen LogP contribution in [0.5, 0.6) is 0 Å². The molecule has 2 aromatic carbocycles. The van der Waals surface area contributed by atoms with Gasteiger partial charge in [-0.2, -0.15) is 0 Å². The van der Waals surface area contributed by atoms with E-state index in [1.54, 1.807) is 0 Å². The van der Waals surface area contributed by atoms with Crippen LogP contribution in [0.1, 0.15) is 23.2 Å². The summed E-state index contributed by atoms with van der Waals surface area (Å²) in [5.41, 5.74) is 0.0605. The van der Waals surface area contributed by atoms with E-state index in [0.717, 1.165) is 12.8 Å². The van der Waals surface area contributed by atoms with Gasteiger partial charge in [0.1, 0.15) is 0 Å². The van der Waals surface area contributed by atoms with Crippen LogP contribution in [0.4, 0.5) is 14.5 Å². The molecule has 1 amide bonds. The van der Waals surface area contributed by atoms with Gasteiger partial charge in [0.15, 0.2) is 11.6 Å². The van der Waals surface area contributed by atoms with Crippen LogP contribution in [0.2, 0.25) is 5.02 Å². The van der Waals surface area contributed by atoms with Crippen molar-refractivity contribution in [3.63, 3.8) is 0 Å². The third-order valence-corrected chi connectivity index (χ3v) is 5.69. The minimum atomic E-state index is -3.60. The zero-order valence-corrected chi connectivity index (χ0v) is 15.0. The van der Waals surface area contributed by atoms with Crippen molar-refractivity contribution in [1.82, 2.24) is 4.72 Å². The van der Waals surface area contributed by atoms with Crippen LogP contribution in [0.25, 0.3) is 0 Å². The molecule has 2 aromatic rings. The number of amides is 1. The molecule has 5 nitrogen and oxygen atoms in total. The van der Waals surface area contributed by atoms with E-state index in [4.69, 9.17) is 11.6 Å². The molecule has 3 rings (SSSR count). The molecule has 0 aliphatic heterocycles. The standard InChI is InChI=1S/C17H15ClF2N2O3S/c18-14-8-16(20)15(19)7-13(14)17(23)22-11-3-5-12(6-4-11)26(24,25)21-9-10-1-2-10/h3-8,10,21H,1-2,9H2,(H,22,23). The number of anilines is 1. The maximum Gasteiger partial charge on any atom is 0.257 e. The predicted molar refractivity (Wildman–Crippen MR) is 93.7 cm³/mol. The van der Waals surface area contributed by atoms with Gasteiger partial charge in [0, 0.05) is 12.2 Å². The number of sulfonamides is 1. The molecule has 0 spiro atoms. The highest BCUT2D eigenvalue weighted by molar-refractivity contribution is 7.89. The molecule has 1 saturated carbocycles. The largest absolute Gasteiger partial charge is 0.322 e. The number of rotatable bonds is 6. The van der Waals surface area contributed by atoms with Crippen molar-refractivity contribution < 1.29 is 22.0 Å². The second kappa shape index (κ2) is 7.30. The van der Waals surface area contributed by atoms with Gasteiger partial charge in [0.2, 0.25) is 10.0 Å². The molecule has 2 N–H and O–H groups in total. The molecule has 9 heteroatoms. The van der Waals surface area contributed by atoms with Crippen LogP contribution in [0, 0.1) is 17.6 Å². The topological polar surface area (TPSA) is 75.3 Å². The highest BCUT2D eigenvalue weighted by Crippen LogP contribution is 2.28. The van der Waals surface area contributed by atoms with E-state index in [1.165, 1.54) is 24.3 Å². The van der Waals surface area contributed by atoms with Crippen LogP contribution < -0.4 is 10.0 Å². The molecule has 1 fully saturated rings. The van der Waals surface area contributed by atoms with E-state index < -0.39 is 27.6 Å². The smallest absolute Gasteiger partial charge is 0.257 e. The van der Waals surface area contributed by atoms with Crippen LogP contribution in [0.3, 0.4) is 0 Å². The Balaban J connectivity index is 1.71. The Bertz CT molecular complexity index is 945. The minimum absolute atomic E-state index is 0.0713. The molecule has 0 atom stereocenters. The van der Waals surface area contributed by atoms with E-state index in [1.807, 2.05) is 0 Å². The van der Waals surface area contributed by atoms with E-state index >= 15 is 0 Å². The first-order valence-electron chi connectivity index (χ1n) is 7.82. The van der Waals surface area contributed by atoms with Gasteiger partial charge >= 0.3 is 0 Å². The van der Waals surface area contributed by atoms with Crippen molar-refractivity contribution in [2.75, 3.05) is 11.9 Å². The summed E-state index contributed by atoms with van der Waals surface area (Å²) >= 11 is 5.76. The van der Waals surface area contributed by atoms with Gasteiger partial charge in [-0.15, -0.1) is 0 Å². The first-order valence-corrected chi connectivity index (χ1v) is 9.68. The molecule has 1 aliphatic carbocycles. The van der Waals surface area contributed by atoms with E-state index in [0.29, 0.717) is 24.6 Å². The third-order valence-electron chi connectivity index (χ3n) is 3.94. The molecule has 1 aliphatic rings. The van der Waals surface area contributed by atoms with Gasteiger partial charge in [0.05, 0.1) is 15.5 Å². The number of carbonyl (C=O) groups is 1. The molecule has 0 radical (unpaired) electrons. The molecule has 0 aromatic heterocycles. The Morgan fingerprint density at radius 1 is 1.12 bits per heavy atom. The number of nitrogens with one attached hydrogen (secondary N) is 2. The fourth-order valence-corrected chi connectivity index (χ4v) is 3.60. The number of hydrogen-bond donors (Lipinski definition) is 2. The lowest BCUT2D eigenvalue weighted by atomic mass is 10.2. The molecule has 0 heterocycles. The zero-order chi connectivity index (χ0) is 18.9. The molecular formula is C17H15ClF2N2O3S. The van der Waals surface area contributed by atoms with E-state index in [-0.39, 0.29) is 21.2 Å². The van der Waals surface area contributed by atoms with Crippen molar-refractivity contribution in [3.8, 4) is 0 Å². The van der Waals surface area contributed by atoms with Gasteiger partial charge < -0.3 is 5.32 Å². The lowest BCUT2D eigenvalue weighted by Gasteiger charge is -2.09. The van der Waals surface area contributed by atoms with Crippen molar-refractivity contribution in [2.24, 2.45) is 5.92 Å². The van der Waals surface area contributed by atoms with Gasteiger partial charge in [-0.1, -0.05) is 11.6 Å². The highest BCUT2D eigenvalue weighted by atomic mass is 35.5. The van der Waals surface area contributed by atoms with Crippen molar-refractivity contribution in [1.29, 1.82) is 0 Å². The van der Waals surface area contributed by atoms with E-state index in [2.05, 4.69) is 10.0 Å². The molecular weight excluding hydrogens is 386 g/mol. The lowest BCUT2D eigenvalue weighted by Crippen LogP contribution is -2.25. The summed E-state index contributed by atoms with van der Waals surface area (Å²) in [5, 5.41) is 2.23. The van der Waals surface area contributed by atoms with Crippen LogP contribution in [-0.2, 0) is 10.0 Å². The summed E-state index contributed by atoms with van der Waals surface area (Å²) in [7, 11) is -3.60. The normalized spacial score (nSPS) is 14.3. The molecule has 138 valence electrons. The van der Waals surface area contributed by atoms with Crippen LogP contribution >= 0.6 is 11.6 Å². The molecule has 0 saturated heterocycles. The third kappa shape index (κ3) is 4.38. The fraction of sp³-hybridized carbons (Fsp3) is 0.235. The summed E-state index contributed by atoms with van der Waals surface area (Å²) in [6.45, 7) is 0.412. The first-order chi connectivity index (χ1) is 12.3. The van der Waals surface area contributed by atoms with Crippen LogP contribution in [0.15, 0.2) is 41.3 Å². The van der Waals surface area contributed by atoms with E-state index in [9.17, 15) is 22.0 Å². The van der Waals surface area contributed by atoms with Gasteiger partial charge in [-0.25, -0.2) is 21.9 Å². The predicted octanol–water partition coefficient (Wildman–Crippen LogP) is 3.56. The second-order valence-electron chi connectivity index (χ2n) is 6.02. The van der Waals surface area contributed by atoms with Crippen LogP contribution in [-0.4, -0.2) is 20.9 Å². The molecule has 0 unspecified atom stereocenters. The highest BCUT2D eigenvalue weighted by Gasteiger charge is 2.24. The van der Waals surface area contributed by atoms with Gasteiger partial charge in [-0.3, -0.25) is 4.79 Å². The quantitative estimate of drug-likeness (QED) is 0.728. The maximum atomic E-state index is 13.3. The monoisotopic (exact) mass is 400 g/mol. The number of carbonyl (C=O) groups excluding carboxylic acids is 1. The molecule has 0 bridgehead atoms. The average Bonchev–Trinajstić information content (AvgIpc) is 3.41. The second-order valence-corrected chi connectivity index (χ2v) is 8.19. The fourth-order valence-electron chi connectivity index (χ4n) is 2.25. The Hall–Kier alpha value is -2.03. The Kier molecular flexibility index (Phi) is 5.27. The number of halogens is 3. The van der Waals surface area contributed by atoms with Crippen molar-refractivity contribution >= 4 is 33.2 Å². The Morgan fingerprint density at radius 3 is 2.35 bits per heavy atom. The minimum Gasteiger partial charge on any atom is -0.322 e. The van der Waals surface area contributed by atoms with Gasteiger partial charge in [-0.05, 0) is 55.2 Å². The lowest BCUT2D eigenvalue weighted by molar-refractivity contribution is 0.102. The summed E-state index contributed by atoms with van der Waals surface area (Å²) in [6.07, 6.45) is 2.06. The molecule has 26 heavy (non-hydrogen) atoms. The van der Waals surface area contributed by atoms with Crippen molar-refractivity contribution in [2.45, 2.75) is 17.7 Å². The Morgan fingerprint density at radius 2 is 1.73 bits per heavy atom. The Labute approximate surface area is 154 Å². The number of benzene rings is 2. The summed E-state index contributed by atoms with van der Waals surface area (Å²) in [6, 6.07) is 6.91. The van der Waals surface area contributed by atoms with Gasteiger partial charge in [0.25, 0.3) is 5.91 Å². The first kappa shape index (κ1) is 18.8. The summed E-state index contributed by atoms with van der Waals surface area (Å²) in [4.78, 5) is 12.2. The van der Waals surface area contributed by atoms with Crippen molar-refractivity contribution in [3.05, 3.63) is 58.6 Å². The zero-order valence-electron chi connectivity index (χ0n) is 13.4. The SMILES string of the molecule is O=C(Nc1ccc(S(=O)(=O)NCC2CC2)cc1)c1cc(F)c(F)cc1Cl. The summed E-state index contributed by atoms with van der Waals surface area (Å²) < 4.78 is 53.2.